The maximum absolute atomic E-state index is 11.7. The molecule has 2 heterocycles. The second-order valence-electron chi connectivity index (χ2n) is 5.14. The van der Waals surface area contributed by atoms with Gasteiger partial charge in [-0.15, -0.1) is 5.10 Å². The van der Waals surface area contributed by atoms with E-state index in [0.29, 0.717) is 25.3 Å². The van der Waals surface area contributed by atoms with E-state index in [1.807, 2.05) is 20.8 Å². The summed E-state index contributed by atoms with van der Waals surface area (Å²) < 4.78 is 7.18. The van der Waals surface area contributed by atoms with Gasteiger partial charge in [-0.05, 0) is 43.0 Å². The summed E-state index contributed by atoms with van der Waals surface area (Å²) in [4.78, 5) is 11.7. The van der Waals surface area contributed by atoms with Crippen LogP contribution in [0.15, 0.2) is 0 Å². The number of rotatable bonds is 5. The molecule has 1 aromatic rings. The van der Waals surface area contributed by atoms with Crippen molar-refractivity contribution in [3.05, 3.63) is 5.82 Å². The number of nitrogens with zero attached hydrogens (tertiary/aromatic N) is 4. The molecule has 7 heteroatoms. The van der Waals surface area contributed by atoms with Crippen LogP contribution in [0.5, 0.6) is 0 Å². The molecule has 1 aliphatic rings. The highest BCUT2D eigenvalue weighted by molar-refractivity contribution is 5.76. The van der Waals surface area contributed by atoms with Crippen molar-refractivity contribution < 1.29 is 14.6 Å². The first kappa shape index (κ1) is 13.9. The van der Waals surface area contributed by atoms with Crippen LogP contribution >= 0.6 is 0 Å². The molecule has 0 aromatic carbocycles. The molecule has 1 fully saturated rings. The maximum atomic E-state index is 11.7. The van der Waals surface area contributed by atoms with Crippen LogP contribution in [0.2, 0.25) is 0 Å². The van der Waals surface area contributed by atoms with Crippen molar-refractivity contribution in [3.63, 3.8) is 0 Å². The van der Waals surface area contributed by atoms with E-state index < -0.39 is 17.1 Å². The van der Waals surface area contributed by atoms with E-state index in [1.165, 1.54) is 4.68 Å². The average molecular weight is 268 g/mol. The smallest absolute Gasteiger partial charge is 0.331 e. The van der Waals surface area contributed by atoms with Crippen LogP contribution in [0, 0.1) is 0 Å². The summed E-state index contributed by atoms with van der Waals surface area (Å²) in [7, 11) is 0. The third-order valence-corrected chi connectivity index (χ3v) is 4.13. The molecular weight excluding hydrogens is 248 g/mol. The molecule has 0 spiro atoms. The van der Waals surface area contributed by atoms with Crippen molar-refractivity contribution in [1.29, 1.82) is 0 Å². The first-order valence-electron chi connectivity index (χ1n) is 6.67. The first-order chi connectivity index (χ1) is 9.00. The second kappa shape index (κ2) is 4.88. The first-order valence-corrected chi connectivity index (χ1v) is 6.67. The Morgan fingerprint density at radius 1 is 1.53 bits per heavy atom. The molecule has 19 heavy (non-hydrogen) atoms. The zero-order valence-corrected chi connectivity index (χ0v) is 11.6. The van der Waals surface area contributed by atoms with Gasteiger partial charge in [-0.25, -0.2) is 9.48 Å². The Labute approximate surface area is 111 Å². The van der Waals surface area contributed by atoms with E-state index in [4.69, 9.17) is 4.74 Å². The van der Waals surface area contributed by atoms with E-state index in [1.54, 1.807) is 0 Å². The lowest BCUT2D eigenvalue weighted by Crippen LogP contribution is -2.45. The third-order valence-electron chi connectivity index (χ3n) is 4.13. The van der Waals surface area contributed by atoms with Crippen molar-refractivity contribution in [1.82, 2.24) is 20.2 Å². The fraction of sp³-hybridized carbons (Fsp3) is 0.833. The molecule has 0 saturated carbocycles. The summed E-state index contributed by atoms with van der Waals surface area (Å²) in [5, 5.41) is 21.2. The molecule has 0 amide bonds. The van der Waals surface area contributed by atoms with Gasteiger partial charge in [-0.2, -0.15) is 0 Å². The number of aliphatic carboxylic acids is 1. The fourth-order valence-corrected chi connectivity index (χ4v) is 2.70. The molecule has 7 nitrogen and oxygen atoms in total. The Morgan fingerprint density at radius 2 is 2.21 bits per heavy atom. The van der Waals surface area contributed by atoms with E-state index in [9.17, 15) is 9.90 Å². The SMILES string of the molecule is CCC(CC)(C(=O)O)n1nnnc1C1(C)CCCO1. The summed E-state index contributed by atoms with van der Waals surface area (Å²) in [6.45, 7) is 6.24. The van der Waals surface area contributed by atoms with Crippen LogP contribution in [0.1, 0.15) is 52.3 Å². The van der Waals surface area contributed by atoms with Crippen LogP contribution < -0.4 is 0 Å². The van der Waals surface area contributed by atoms with Crippen LogP contribution in [-0.2, 0) is 20.7 Å². The molecule has 1 N–H and O–H groups in total. The fourth-order valence-electron chi connectivity index (χ4n) is 2.70. The van der Waals surface area contributed by atoms with Crippen molar-refractivity contribution in [2.24, 2.45) is 0 Å². The molecule has 1 atom stereocenters. The van der Waals surface area contributed by atoms with Crippen LogP contribution in [0.25, 0.3) is 0 Å². The van der Waals surface area contributed by atoms with Crippen LogP contribution in [-0.4, -0.2) is 37.9 Å². The third kappa shape index (κ3) is 2.01. The van der Waals surface area contributed by atoms with Gasteiger partial charge in [0, 0.05) is 6.61 Å². The van der Waals surface area contributed by atoms with Gasteiger partial charge in [-0.3, -0.25) is 0 Å². The van der Waals surface area contributed by atoms with Crippen molar-refractivity contribution in [3.8, 4) is 0 Å². The molecule has 1 aliphatic heterocycles. The standard InChI is InChI=1S/C12H20N4O3/c1-4-12(5-2,10(17)18)16-9(13-14-15-16)11(3)7-6-8-19-11/h4-8H2,1-3H3,(H,17,18). The molecule has 1 saturated heterocycles. The zero-order chi connectivity index (χ0) is 14.1. The van der Waals surface area contributed by atoms with Gasteiger partial charge in [0.05, 0.1) is 0 Å². The summed E-state index contributed by atoms with van der Waals surface area (Å²) >= 11 is 0. The number of aromatic nitrogens is 4. The quantitative estimate of drug-likeness (QED) is 0.865. The van der Waals surface area contributed by atoms with E-state index in [2.05, 4.69) is 15.5 Å². The van der Waals surface area contributed by atoms with Crippen molar-refractivity contribution >= 4 is 5.97 Å². The van der Waals surface area contributed by atoms with Gasteiger partial charge in [0.1, 0.15) is 5.60 Å². The highest BCUT2D eigenvalue weighted by Crippen LogP contribution is 2.37. The lowest BCUT2D eigenvalue weighted by molar-refractivity contribution is -0.149. The minimum absolute atomic E-state index is 0.424. The van der Waals surface area contributed by atoms with Gasteiger partial charge >= 0.3 is 5.97 Å². The molecule has 0 aliphatic carbocycles. The van der Waals surface area contributed by atoms with Gasteiger partial charge in [-0.1, -0.05) is 13.8 Å². The van der Waals surface area contributed by atoms with E-state index in [-0.39, 0.29) is 0 Å². The Kier molecular flexibility index (Phi) is 3.58. The molecule has 1 aromatic heterocycles. The lowest BCUT2D eigenvalue weighted by Gasteiger charge is -2.31. The Bertz CT molecular complexity index is 461. The number of carbonyl (C=O) groups is 1. The Morgan fingerprint density at radius 3 is 2.68 bits per heavy atom. The summed E-state index contributed by atoms with van der Waals surface area (Å²) in [6.07, 6.45) is 2.58. The van der Waals surface area contributed by atoms with Gasteiger partial charge < -0.3 is 9.84 Å². The highest BCUT2D eigenvalue weighted by Gasteiger charge is 2.46. The van der Waals surface area contributed by atoms with Crippen molar-refractivity contribution in [2.45, 2.75) is 57.6 Å². The van der Waals surface area contributed by atoms with Gasteiger partial charge in [0.25, 0.3) is 0 Å². The summed E-state index contributed by atoms with van der Waals surface area (Å²) in [5.41, 5.74) is -1.69. The predicted octanol–water partition coefficient (Wildman–Crippen LogP) is 1.30. The topological polar surface area (TPSA) is 90.1 Å². The molecule has 0 radical (unpaired) electrons. The molecule has 2 rings (SSSR count). The second-order valence-corrected chi connectivity index (χ2v) is 5.14. The van der Waals surface area contributed by atoms with Crippen molar-refractivity contribution in [2.75, 3.05) is 6.61 Å². The van der Waals surface area contributed by atoms with Gasteiger partial charge in [0.15, 0.2) is 11.4 Å². The van der Waals surface area contributed by atoms with Crippen LogP contribution in [0.3, 0.4) is 0 Å². The number of carboxylic acids is 1. The maximum Gasteiger partial charge on any atom is 0.331 e. The van der Waals surface area contributed by atoms with E-state index >= 15 is 0 Å². The Balaban J connectivity index is 2.51. The normalized spacial score (nSPS) is 23.7. The molecule has 106 valence electrons. The highest BCUT2D eigenvalue weighted by atomic mass is 16.5. The number of ether oxygens (including phenoxy) is 1. The largest absolute Gasteiger partial charge is 0.479 e. The summed E-state index contributed by atoms with van der Waals surface area (Å²) in [5.74, 6) is -0.399. The monoisotopic (exact) mass is 268 g/mol. The molecular formula is C12H20N4O3. The zero-order valence-electron chi connectivity index (χ0n) is 11.6. The van der Waals surface area contributed by atoms with E-state index in [0.717, 1.165) is 12.8 Å². The minimum Gasteiger partial charge on any atom is -0.479 e. The number of carboxylic acid groups (broad SMARTS) is 1. The van der Waals surface area contributed by atoms with Gasteiger partial charge in [0.2, 0.25) is 0 Å². The molecule has 1 unspecified atom stereocenters. The minimum atomic E-state index is -1.10. The number of hydrogen-bond donors (Lipinski definition) is 1. The Hall–Kier alpha value is -1.50. The predicted molar refractivity (Wildman–Crippen MR) is 66.5 cm³/mol. The number of hydrogen-bond acceptors (Lipinski definition) is 5. The summed E-state index contributed by atoms with van der Waals surface area (Å²) in [6, 6.07) is 0. The average Bonchev–Trinajstić information content (AvgIpc) is 3.01. The number of tetrazole rings is 1. The lowest BCUT2D eigenvalue weighted by atomic mass is 9.91. The molecule has 0 bridgehead atoms. The van der Waals surface area contributed by atoms with Crippen LogP contribution in [0.4, 0.5) is 0 Å².